The van der Waals surface area contributed by atoms with Crippen LogP contribution in [0.25, 0.3) is 10.6 Å². The minimum Gasteiger partial charge on any atom is -0.340 e. The molecule has 124 valence electrons. The summed E-state index contributed by atoms with van der Waals surface area (Å²) in [5.74, 6) is 0.101. The Balaban J connectivity index is 1.66. The number of aromatic nitrogens is 1. The molecule has 3 aromatic rings. The van der Waals surface area contributed by atoms with Gasteiger partial charge in [-0.3, -0.25) is 4.79 Å². The summed E-state index contributed by atoms with van der Waals surface area (Å²) in [6.45, 7) is 4.82. The molecule has 2 heterocycles. The molecule has 0 aliphatic heterocycles. The Morgan fingerprint density at radius 1 is 1.21 bits per heavy atom. The van der Waals surface area contributed by atoms with Crippen molar-refractivity contribution in [3.63, 3.8) is 0 Å². The molecule has 3 nitrogen and oxygen atoms in total. The smallest absolute Gasteiger partial charge is 0.228 e. The van der Waals surface area contributed by atoms with Gasteiger partial charge in [0.1, 0.15) is 5.01 Å². The molecule has 0 saturated heterocycles. The van der Waals surface area contributed by atoms with Crippen LogP contribution in [0, 0.1) is 13.8 Å². The molecule has 0 aliphatic rings. The molecule has 0 bridgehead atoms. The van der Waals surface area contributed by atoms with E-state index in [0.29, 0.717) is 13.0 Å². The number of carbonyl (C=O) groups is 1. The average Bonchev–Trinajstić information content (AvgIpc) is 3.17. The highest BCUT2D eigenvalue weighted by atomic mass is 32.1. The summed E-state index contributed by atoms with van der Waals surface area (Å²) in [7, 11) is 1.86. The van der Waals surface area contributed by atoms with Gasteiger partial charge in [0.25, 0.3) is 0 Å². The van der Waals surface area contributed by atoms with E-state index in [4.69, 9.17) is 0 Å². The zero-order valence-corrected chi connectivity index (χ0v) is 15.7. The molecule has 0 fully saturated rings. The summed E-state index contributed by atoms with van der Waals surface area (Å²) in [5.41, 5.74) is 4.42. The van der Waals surface area contributed by atoms with Gasteiger partial charge in [-0.1, -0.05) is 23.8 Å². The normalized spacial score (nSPS) is 10.8. The number of hydrogen-bond donors (Lipinski definition) is 0. The maximum absolute atomic E-state index is 12.4. The fourth-order valence-corrected chi connectivity index (χ4v) is 4.23. The molecule has 5 heteroatoms. The molecule has 0 aliphatic carbocycles. The van der Waals surface area contributed by atoms with E-state index in [1.54, 1.807) is 27.6 Å². The van der Waals surface area contributed by atoms with Crippen molar-refractivity contribution in [2.75, 3.05) is 7.05 Å². The summed E-state index contributed by atoms with van der Waals surface area (Å²) >= 11 is 3.29. The molecule has 1 aromatic carbocycles. The van der Waals surface area contributed by atoms with Crippen molar-refractivity contribution in [3.8, 4) is 10.6 Å². The second kappa shape index (κ2) is 7.28. The van der Waals surface area contributed by atoms with Gasteiger partial charge in [-0.25, -0.2) is 4.98 Å². The lowest BCUT2D eigenvalue weighted by molar-refractivity contribution is -0.129. The molecular weight excluding hydrogens is 336 g/mol. The van der Waals surface area contributed by atoms with E-state index in [9.17, 15) is 4.79 Å². The zero-order chi connectivity index (χ0) is 17.1. The van der Waals surface area contributed by atoms with Crippen LogP contribution in [0.15, 0.2) is 41.1 Å². The number of rotatable bonds is 5. The number of likely N-dealkylation sites (N-methyl/N-ethyl adjacent to an activating group) is 1. The molecule has 0 unspecified atom stereocenters. The lowest BCUT2D eigenvalue weighted by Gasteiger charge is -2.16. The third kappa shape index (κ3) is 3.91. The first-order chi connectivity index (χ1) is 11.5. The first-order valence-electron chi connectivity index (χ1n) is 7.81. The second-order valence-electron chi connectivity index (χ2n) is 5.97. The van der Waals surface area contributed by atoms with E-state index in [0.717, 1.165) is 16.3 Å². The Hall–Kier alpha value is -1.98. The number of amides is 1. The predicted octanol–water partition coefficient (Wildman–Crippen LogP) is 4.69. The van der Waals surface area contributed by atoms with Crippen molar-refractivity contribution >= 4 is 28.6 Å². The first-order valence-corrected chi connectivity index (χ1v) is 9.57. The molecule has 2 aromatic heterocycles. The molecule has 1 amide bonds. The van der Waals surface area contributed by atoms with E-state index >= 15 is 0 Å². The topological polar surface area (TPSA) is 33.2 Å². The van der Waals surface area contributed by atoms with Crippen LogP contribution < -0.4 is 0 Å². The quantitative estimate of drug-likeness (QED) is 0.664. The van der Waals surface area contributed by atoms with Crippen LogP contribution in [-0.4, -0.2) is 22.8 Å². The summed E-state index contributed by atoms with van der Waals surface area (Å²) in [5, 5.41) is 5.02. The third-order valence-electron chi connectivity index (χ3n) is 3.92. The Morgan fingerprint density at radius 2 is 2.04 bits per heavy atom. The molecule has 24 heavy (non-hydrogen) atoms. The number of hydrogen-bond acceptors (Lipinski definition) is 4. The number of benzene rings is 1. The van der Waals surface area contributed by atoms with Gasteiger partial charge in [0, 0.05) is 22.9 Å². The number of thiazole rings is 1. The van der Waals surface area contributed by atoms with Gasteiger partial charge in [-0.15, -0.1) is 22.7 Å². The van der Waals surface area contributed by atoms with Gasteiger partial charge >= 0.3 is 0 Å². The monoisotopic (exact) mass is 356 g/mol. The Kier molecular flexibility index (Phi) is 5.11. The second-order valence-corrected chi connectivity index (χ2v) is 7.83. The van der Waals surface area contributed by atoms with Crippen LogP contribution in [0.4, 0.5) is 0 Å². The van der Waals surface area contributed by atoms with Crippen molar-refractivity contribution in [1.29, 1.82) is 0 Å². The highest BCUT2D eigenvalue weighted by molar-refractivity contribution is 7.13. The summed E-state index contributed by atoms with van der Waals surface area (Å²) < 4.78 is 0. The molecule has 0 spiro atoms. The lowest BCUT2D eigenvalue weighted by atomic mass is 10.1. The fourth-order valence-electron chi connectivity index (χ4n) is 2.46. The number of thiophene rings is 1. The van der Waals surface area contributed by atoms with Gasteiger partial charge in [0.2, 0.25) is 5.91 Å². The molecule has 0 saturated carbocycles. The Labute approximate surface area is 150 Å². The molecule has 0 radical (unpaired) electrons. The van der Waals surface area contributed by atoms with Gasteiger partial charge < -0.3 is 4.90 Å². The minimum absolute atomic E-state index is 0.101. The van der Waals surface area contributed by atoms with E-state index in [1.165, 1.54) is 16.0 Å². The maximum Gasteiger partial charge on any atom is 0.228 e. The van der Waals surface area contributed by atoms with Crippen molar-refractivity contribution in [1.82, 2.24) is 9.88 Å². The van der Waals surface area contributed by atoms with E-state index in [2.05, 4.69) is 48.5 Å². The first kappa shape index (κ1) is 16.9. The summed E-state index contributed by atoms with van der Waals surface area (Å²) in [6.07, 6.45) is 0.350. The predicted molar refractivity (Wildman–Crippen MR) is 102 cm³/mol. The van der Waals surface area contributed by atoms with Crippen LogP contribution in [0.2, 0.25) is 0 Å². The lowest BCUT2D eigenvalue weighted by Crippen LogP contribution is -2.27. The SMILES string of the molecule is Cc1cccc(-c2nc(CC(=O)N(C)Cc3sccc3C)cs2)c1. The minimum atomic E-state index is 0.101. The number of carbonyl (C=O) groups excluding carboxylic acids is 1. The molecule has 0 N–H and O–H groups in total. The van der Waals surface area contributed by atoms with E-state index < -0.39 is 0 Å². The highest BCUT2D eigenvalue weighted by Gasteiger charge is 2.14. The van der Waals surface area contributed by atoms with Crippen molar-refractivity contribution in [2.24, 2.45) is 0 Å². The molecule has 0 atom stereocenters. The van der Waals surface area contributed by atoms with E-state index in [1.807, 2.05) is 18.5 Å². The van der Waals surface area contributed by atoms with E-state index in [-0.39, 0.29) is 5.91 Å². The highest BCUT2D eigenvalue weighted by Crippen LogP contribution is 2.25. The zero-order valence-electron chi connectivity index (χ0n) is 14.1. The van der Waals surface area contributed by atoms with Crippen LogP contribution in [0.3, 0.4) is 0 Å². The molecule has 3 rings (SSSR count). The van der Waals surface area contributed by atoms with Gasteiger partial charge in [-0.2, -0.15) is 0 Å². The maximum atomic E-state index is 12.4. The van der Waals surface area contributed by atoms with Gasteiger partial charge in [-0.05, 0) is 36.9 Å². The summed E-state index contributed by atoms with van der Waals surface area (Å²) in [6, 6.07) is 10.4. The third-order valence-corrected chi connectivity index (χ3v) is 5.87. The van der Waals surface area contributed by atoms with Crippen molar-refractivity contribution in [2.45, 2.75) is 26.8 Å². The Bertz CT molecular complexity index is 850. The summed E-state index contributed by atoms with van der Waals surface area (Å²) in [4.78, 5) is 20.1. The number of aryl methyl sites for hydroxylation is 2. The van der Waals surface area contributed by atoms with Gasteiger partial charge in [0.05, 0.1) is 18.7 Å². The van der Waals surface area contributed by atoms with Crippen LogP contribution in [-0.2, 0) is 17.8 Å². The van der Waals surface area contributed by atoms with Crippen LogP contribution in [0.5, 0.6) is 0 Å². The van der Waals surface area contributed by atoms with Crippen LogP contribution in [0.1, 0.15) is 21.7 Å². The Morgan fingerprint density at radius 3 is 2.75 bits per heavy atom. The van der Waals surface area contributed by atoms with Crippen molar-refractivity contribution in [3.05, 3.63) is 62.8 Å². The average molecular weight is 357 g/mol. The van der Waals surface area contributed by atoms with Crippen LogP contribution >= 0.6 is 22.7 Å². The fraction of sp³-hybridized carbons (Fsp3) is 0.263. The van der Waals surface area contributed by atoms with Crippen molar-refractivity contribution < 1.29 is 4.79 Å². The standard InChI is InChI=1S/C19H20N2OS2/c1-13-5-4-6-15(9-13)19-20-16(12-24-19)10-18(22)21(3)11-17-14(2)7-8-23-17/h4-9,12H,10-11H2,1-3H3. The van der Waals surface area contributed by atoms with Gasteiger partial charge in [0.15, 0.2) is 0 Å². The largest absolute Gasteiger partial charge is 0.340 e. The number of nitrogens with zero attached hydrogens (tertiary/aromatic N) is 2. The molecular formula is C19H20N2OS2.